The van der Waals surface area contributed by atoms with E-state index in [0.717, 1.165) is 35.5 Å². The van der Waals surface area contributed by atoms with E-state index >= 15 is 0 Å². The fourth-order valence-electron chi connectivity index (χ4n) is 12.6. The van der Waals surface area contributed by atoms with Gasteiger partial charge in [0.25, 0.3) is 0 Å². The Morgan fingerprint density at radius 2 is 1.26 bits per heavy atom. The van der Waals surface area contributed by atoms with Gasteiger partial charge in [-0.3, -0.25) is 0 Å². The third-order valence-electron chi connectivity index (χ3n) is 13.5. The number of hydrogen-bond donors (Lipinski definition) is 0. The van der Waals surface area contributed by atoms with E-state index in [4.69, 9.17) is 0 Å². The van der Waals surface area contributed by atoms with Crippen LogP contribution in [0.2, 0.25) is 0 Å². The average molecular weight is 425 g/mol. The molecule has 5 fully saturated rings. The monoisotopic (exact) mass is 424 g/mol. The van der Waals surface area contributed by atoms with Crippen molar-refractivity contribution >= 4 is 0 Å². The van der Waals surface area contributed by atoms with Crippen LogP contribution >= 0.6 is 0 Å². The van der Waals surface area contributed by atoms with Crippen LogP contribution in [0.1, 0.15) is 120 Å². The predicted octanol–water partition coefficient (Wildman–Crippen LogP) is 9.30. The van der Waals surface area contributed by atoms with Crippen LogP contribution in [0.25, 0.3) is 0 Å². The summed E-state index contributed by atoms with van der Waals surface area (Å²) in [6.07, 6.45) is 14.7. The molecule has 176 valence electrons. The Hall–Kier alpha value is -0.260. The van der Waals surface area contributed by atoms with Crippen molar-refractivity contribution in [2.45, 2.75) is 120 Å². The third-order valence-corrected chi connectivity index (χ3v) is 13.5. The van der Waals surface area contributed by atoms with Gasteiger partial charge in [0.1, 0.15) is 0 Å². The van der Waals surface area contributed by atoms with E-state index < -0.39 is 0 Å². The first kappa shape index (κ1) is 22.5. The van der Waals surface area contributed by atoms with Gasteiger partial charge in [0.05, 0.1) is 0 Å². The van der Waals surface area contributed by atoms with Gasteiger partial charge in [-0.1, -0.05) is 60.6 Å². The van der Waals surface area contributed by atoms with Gasteiger partial charge in [-0.15, -0.1) is 0 Å². The molecule has 0 amide bonds. The first-order valence-electron chi connectivity index (χ1n) is 13.9. The van der Waals surface area contributed by atoms with Gasteiger partial charge in [0, 0.05) is 0 Å². The molecule has 0 N–H and O–H groups in total. The van der Waals surface area contributed by atoms with Gasteiger partial charge in [-0.2, -0.15) is 0 Å². The Bertz CT molecular complexity index is 760. The van der Waals surface area contributed by atoms with Gasteiger partial charge in [0.2, 0.25) is 0 Å². The Labute approximate surface area is 194 Å². The van der Waals surface area contributed by atoms with E-state index in [1.807, 2.05) is 0 Å². The van der Waals surface area contributed by atoms with Crippen LogP contribution in [0, 0.1) is 62.6 Å². The lowest BCUT2D eigenvalue weighted by atomic mass is 9.31. The smallest absolute Gasteiger partial charge is 0.0175 e. The molecule has 5 saturated carbocycles. The molecule has 0 aromatic rings. The normalized spacial score (nSPS) is 57.9. The second kappa shape index (κ2) is 6.66. The molecule has 0 spiro atoms. The van der Waals surface area contributed by atoms with Crippen LogP contribution < -0.4 is 0 Å². The van der Waals surface area contributed by atoms with E-state index in [1.54, 1.807) is 0 Å². The highest BCUT2D eigenvalue weighted by Gasteiger charge is 2.70. The van der Waals surface area contributed by atoms with E-state index in [-0.39, 0.29) is 0 Å². The highest BCUT2D eigenvalue weighted by molar-refractivity contribution is 5.20. The van der Waals surface area contributed by atoms with Crippen LogP contribution in [0.4, 0.5) is 0 Å². The van der Waals surface area contributed by atoms with Crippen LogP contribution in [0.3, 0.4) is 0 Å². The molecule has 0 aliphatic heterocycles. The van der Waals surface area contributed by atoms with E-state index in [9.17, 15) is 0 Å². The quantitative estimate of drug-likeness (QED) is 0.368. The zero-order chi connectivity index (χ0) is 22.6. The Kier molecular flexibility index (Phi) is 4.84. The van der Waals surface area contributed by atoms with Crippen molar-refractivity contribution in [3.8, 4) is 0 Å². The summed E-state index contributed by atoms with van der Waals surface area (Å²) in [5, 5.41) is 0. The molecule has 5 rings (SSSR count). The fourth-order valence-corrected chi connectivity index (χ4v) is 12.6. The molecule has 0 aromatic carbocycles. The molecule has 0 bridgehead atoms. The molecule has 0 radical (unpaired) electrons. The molecule has 0 saturated heterocycles. The summed E-state index contributed by atoms with van der Waals surface area (Å²) in [5.41, 5.74) is 4.17. The Morgan fingerprint density at radius 3 is 1.87 bits per heavy atom. The van der Waals surface area contributed by atoms with Crippen molar-refractivity contribution in [2.75, 3.05) is 0 Å². The standard InChI is InChI=1S/C31H52/c1-20(2)22-12-15-28(6)23(22)13-16-30(8)25(28)10-11-26-29(7)19-21(3)18-27(4,5)24(29)14-17-31(26,30)9/h21-26H,1,10-19H2,2-9H3/t21-,22-,23+,24+,25-,26-,28+,29+,30-,31-/m1/s1. The lowest BCUT2D eigenvalue weighted by molar-refractivity contribution is -0.244. The second-order valence-corrected chi connectivity index (χ2v) is 15.3. The first-order chi connectivity index (χ1) is 14.3. The van der Waals surface area contributed by atoms with Gasteiger partial charge >= 0.3 is 0 Å². The maximum Gasteiger partial charge on any atom is -0.0175 e. The first-order valence-corrected chi connectivity index (χ1v) is 13.9. The zero-order valence-electron chi connectivity index (χ0n) is 22.2. The molecule has 0 aromatic heterocycles. The molecule has 0 nitrogen and oxygen atoms in total. The van der Waals surface area contributed by atoms with Gasteiger partial charge in [0.15, 0.2) is 0 Å². The summed E-state index contributed by atoms with van der Waals surface area (Å²) < 4.78 is 0. The Balaban J connectivity index is 1.53. The highest BCUT2D eigenvalue weighted by Crippen LogP contribution is 2.78. The van der Waals surface area contributed by atoms with E-state index in [0.29, 0.717) is 27.1 Å². The summed E-state index contributed by atoms with van der Waals surface area (Å²) >= 11 is 0. The van der Waals surface area contributed by atoms with Crippen LogP contribution in [0.5, 0.6) is 0 Å². The van der Waals surface area contributed by atoms with E-state index in [1.165, 1.54) is 69.8 Å². The number of allylic oxidation sites excluding steroid dienone is 1. The summed E-state index contributed by atoms with van der Waals surface area (Å²) in [7, 11) is 0. The van der Waals surface area contributed by atoms with Crippen LogP contribution in [0.15, 0.2) is 12.2 Å². The van der Waals surface area contributed by atoms with Crippen molar-refractivity contribution < 1.29 is 0 Å². The number of hydrogen-bond acceptors (Lipinski definition) is 0. The van der Waals surface area contributed by atoms with Gasteiger partial charge < -0.3 is 0 Å². The number of fused-ring (bicyclic) bond motifs is 7. The molecular formula is C31H52. The topological polar surface area (TPSA) is 0 Å². The molecule has 5 aliphatic carbocycles. The average Bonchev–Trinajstić information content (AvgIpc) is 2.98. The predicted molar refractivity (Wildman–Crippen MR) is 134 cm³/mol. The third kappa shape index (κ3) is 2.72. The number of rotatable bonds is 1. The van der Waals surface area contributed by atoms with Crippen molar-refractivity contribution in [1.82, 2.24) is 0 Å². The minimum atomic E-state index is 0.523. The zero-order valence-corrected chi connectivity index (χ0v) is 22.2. The maximum absolute atomic E-state index is 4.43. The van der Waals surface area contributed by atoms with E-state index in [2.05, 4.69) is 62.0 Å². The summed E-state index contributed by atoms with van der Waals surface area (Å²) in [6, 6.07) is 0. The van der Waals surface area contributed by atoms with Crippen LogP contribution in [-0.2, 0) is 0 Å². The van der Waals surface area contributed by atoms with Crippen molar-refractivity contribution in [2.24, 2.45) is 62.6 Å². The minimum absolute atomic E-state index is 0.523. The molecular weight excluding hydrogens is 372 g/mol. The largest absolute Gasteiger partial charge is 0.0999 e. The molecule has 0 unspecified atom stereocenters. The van der Waals surface area contributed by atoms with Crippen molar-refractivity contribution in [1.29, 1.82) is 0 Å². The maximum atomic E-state index is 4.43. The molecule has 0 heterocycles. The summed E-state index contributed by atoms with van der Waals surface area (Å²) in [6.45, 7) is 25.6. The lowest BCUT2D eigenvalue weighted by Crippen LogP contribution is -2.66. The van der Waals surface area contributed by atoms with Gasteiger partial charge in [-0.05, 0) is 134 Å². The molecule has 31 heavy (non-hydrogen) atoms. The summed E-state index contributed by atoms with van der Waals surface area (Å²) in [4.78, 5) is 0. The summed E-state index contributed by atoms with van der Waals surface area (Å²) in [5.74, 6) is 5.39. The van der Waals surface area contributed by atoms with Crippen molar-refractivity contribution in [3.63, 3.8) is 0 Å². The van der Waals surface area contributed by atoms with Gasteiger partial charge in [-0.25, -0.2) is 0 Å². The Morgan fingerprint density at radius 1 is 0.677 bits per heavy atom. The molecule has 10 atom stereocenters. The second-order valence-electron chi connectivity index (χ2n) is 15.3. The highest BCUT2D eigenvalue weighted by atomic mass is 14.7. The van der Waals surface area contributed by atoms with Crippen LogP contribution in [-0.4, -0.2) is 0 Å². The lowest BCUT2D eigenvalue weighted by Gasteiger charge is -2.73. The molecule has 5 aliphatic rings. The fraction of sp³-hybridized carbons (Fsp3) is 0.935. The minimum Gasteiger partial charge on any atom is -0.0999 e. The molecule has 0 heteroatoms. The van der Waals surface area contributed by atoms with Crippen molar-refractivity contribution in [3.05, 3.63) is 12.2 Å². The SMILES string of the molecule is C=C(C)[C@H]1CC[C@]2(C)[C@H]3CC[C@@H]4[C@@]5(C)C[C@H](C)CC(C)(C)[C@@H]5CC[C@@]4(C)[C@]3(C)CC[C@@H]12.